The molecular formula is C7H15NOS. The van der Waals surface area contributed by atoms with Crippen LogP contribution in [0.4, 0.5) is 0 Å². The van der Waals surface area contributed by atoms with E-state index < -0.39 is 9.73 Å². The summed E-state index contributed by atoms with van der Waals surface area (Å²) in [4.78, 5) is 0. The van der Waals surface area contributed by atoms with Crippen molar-refractivity contribution in [2.45, 2.75) is 31.4 Å². The number of hydrogen-bond donors (Lipinski definition) is 1. The summed E-state index contributed by atoms with van der Waals surface area (Å²) in [5, 5.41) is 0.183. The van der Waals surface area contributed by atoms with Crippen LogP contribution in [-0.2, 0) is 9.73 Å². The van der Waals surface area contributed by atoms with Gasteiger partial charge in [-0.2, -0.15) is 0 Å². The van der Waals surface area contributed by atoms with E-state index >= 15 is 0 Å². The molecule has 0 aliphatic heterocycles. The average molecular weight is 161 g/mol. The van der Waals surface area contributed by atoms with Crippen LogP contribution in [0.1, 0.15) is 26.2 Å². The maximum absolute atomic E-state index is 11.2. The summed E-state index contributed by atoms with van der Waals surface area (Å²) in [6.07, 6.45) is 4.73. The second-order valence-electron chi connectivity index (χ2n) is 3.44. The van der Waals surface area contributed by atoms with Crippen molar-refractivity contribution < 1.29 is 4.21 Å². The fourth-order valence-electron chi connectivity index (χ4n) is 1.56. The van der Waals surface area contributed by atoms with E-state index in [2.05, 4.69) is 6.92 Å². The van der Waals surface area contributed by atoms with Crippen LogP contribution >= 0.6 is 0 Å². The fourth-order valence-corrected chi connectivity index (χ4v) is 2.85. The summed E-state index contributed by atoms with van der Waals surface area (Å²) in [6.45, 7) is 2.17. The Hall–Kier alpha value is -0.0500. The van der Waals surface area contributed by atoms with Crippen molar-refractivity contribution in [3.63, 3.8) is 0 Å². The Morgan fingerprint density at radius 3 is 2.30 bits per heavy atom. The molecule has 1 saturated carbocycles. The van der Waals surface area contributed by atoms with Gasteiger partial charge in [0.25, 0.3) is 0 Å². The fraction of sp³-hybridized carbons (Fsp3) is 1.00. The van der Waals surface area contributed by atoms with Crippen molar-refractivity contribution in [2.75, 3.05) is 6.26 Å². The van der Waals surface area contributed by atoms with Gasteiger partial charge in [-0.05, 0) is 25.2 Å². The predicted octanol–water partition coefficient (Wildman–Crippen LogP) is 1.85. The molecule has 10 heavy (non-hydrogen) atoms. The van der Waals surface area contributed by atoms with Gasteiger partial charge in [-0.1, -0.05) is 6.92 Å². The topological polar surface area (TPSA) is 40.9 Å². The third-order valence-corrected chi connectivity index (χ3v) is 3.98. The van der Waals surface area contributed by atoms with E-state index in [4.69, 9.17) is 4.78 Å². The van der Waals surface area contributed by atoms with Crippen LogP contribution in [0.3, 0.4) is 0 Å². The maximum Gasteiger partial charge on any atom is 0.0441 e. The first-order valence-electron chi connectivity index (χ1n) is 3.73. The van der Waals surface area contributed by atoms with E-state index in [1.54, 1.807) is 6.26 Å². The van der Waals surface area contributed by atoms with E-state index in [0.29, 0.717) is 5.92 Å². The van der Waals surface area contributed by atoms with E-state index in [1.807, 2.05) is 0 Å². The Balaban J connectivity index is 2.62. The second kappa shape index (κ2) is 2.53. The summed E-state index contributed by atoms with van der Waals surface area (Å²) in [6, 6.07) is 0. The van der Waals surface area contributed by atoms with E-state index in [1.165, 1.54) is 0 Å². The van der Waals surface area contributed by atoms with E-state index in [0.717, 1.165) is 19.3 Å². The van der Waals surface area contributed by atoms with Crippen LogP contribution in [0.5, 0.6) is 0 Å². The highest BCUT2D eigenvalue weighted by atomic mass is 32.2. The molecule has 1 aliphatic rings. The lowest BCUT2D eigenvalue weighted by atomic mass is 10.1. The lowest BCUT2D eigenvalue weighted by Crippen LogP contribution is -2.14. The van der Waals surface area contributed by atoms with E-state index in [-0.39, 0.29) is 5.25 Å². The van der Waals surface area contributed by atoms with Crippen molar-refractivity contribution in [1.82, 2.24) is 0 Å². The third kappa shape index (κ3) is 1.72. The highest BCUT2D eigenvalue weighted by Gasteiger charge is 2.26. The standard InChI is InChI=1S/C7H15NOS/c1-6-3-4-7(5-6)10(2,8)9/h6-8H,3-5H2,1-2H3. The largest absolute Gasteiger partial charge is 0.253 e. The Kier molecular flexibility index (Phi) is 2.04. The molecule has 0 aromatic heterocycles. The van der Waals surface area contributed by atoms with E-state index in [9.17, 15) is 4.21 Å². The van der Waals surface area contributed by atoms with Gasteiger partial charge in [0.1, 0.15) is 0 Å². The zero-order valence-electron chi connectivity index (χ0n) is 6.59. The summed E-state index contributed by atoms with van der Waals surface area (Å²) < 4.78 is 18.5. The smallest absolute Gasteiger partial charge is 0.0441 e. The normalized spacial score (nSPS) is 39.4. The quantitative estimate of drug-likeness (QED) is 0.626. The lowest BCUT2D eigenvalue weighted by molar-refractivity contribution is 0.609. The molecule has 3 atom stereocenters. The second-order valence-corrected chi connectivity index (χ2v) is 5.92. The van der Waals surface area contributed by atoms with Crippen molar-refractivity contribution in [3.05, 3.63) is 0 Å². The molecule has 0 heterocycles. The molecule has 3 unspecified atom stereocenters. The molecule has 1 fully saturated rings. The first-order valence-corrected chi connectivity index (χ1v) is 5.75. The Morgan fingerprint density at radius 2 is 2.10 bits per heavy atom. The van der Waals surface area contributed by atoms with Crippen molar-refractivity contribution >= 4 is 9.73 Å². The third-order valence-electron chi connectivity index (χ3n) is 2.28. The molecule has 0 aromatic rings. The van der Waals surface area contributed by atoms with Gasteiger partial charge in [0, 0.05) is 21.2 Å². The van der Waals surface area contributed by atoms with Crippen molar-refractivity contribution in [2.24, 2.45) is 5.92 Å². The van der Waals surface area contributed by atoms with Gasteiger partial charge in [-0.3, -0.25) is 4.78 Å². The number of nitrogens with one attached hydrogen (secondary N) is 1. The van der Waals surface area contributed by atoms with Crippen LogP contribution in [0.15, 0.2) is 0 Å². The highest BCUT2D eigenvalue weighted by molar-refractivity contribution is 7.92. The van der Waals surface area contributed by atoms with Gasteiger partial charge in [0.15, 0.2) is 0 Å². The summed E-state index contributed by atoms with van der Waals surface area (Å²) in [5.74, 6) is 0.691. The minimum Gasteiger partial charge on any atom is -0.253 e. The molecule has 0 radical (unpaired) electrons. The van der Waals surface area contributed by atoms with Gasteiger partial charge >= 0.3 is 0 Å². The van der Waals surface area contributed by atoms with Crippen LogP contribution < -0.4 is 0 Å². The molecule has 0 amide bonds. The minimum atomic E-state index is -2.24. The number of rotatable bonds is 1. The van der Waals surface area contributed by atoms with Crippen molar-refractivity contribution in [1.29, 1.82) is 4.78 Å². The highest BCUT2D eigenvalue weighted by Crippen LogP contribution is 2.29. The van der Waals surface area contributed by atoms with Gasteiger partial charge < -0.3 is 0 Å². The molecule has 1 aliphatic carbocycles. The maximum atomic E-state index is 11.2. The zero-order valence-corrected chi connectivity index (χ0v) is 7.41. The van der Waals surface area contributed by atoms with Crippen LogP contribution in [0, 0.1) is 10.7 Å². The molecule has 1 rings (SSSR count). The summed E-state index contributed by atoms with van der Waals surface area (Å²) in [7, 11) is -2.24. The molecule has 0 bridgehead atoms. The molecule has 60 valence electrons. The minimum absolute atomic E-state index is 0.183. The summed E-state index contributed by atoms with van der Waals surface area (Å²) >= 11 is 0. The first-order chi connectivity index (χ1) is 4.50. The molecule has 0 spiro atoms. The van der Waals surface area contributed by atoms with Gasteiger partial charge in [-0.15, -0.1) is 0 Å². The Labute approximate surface area is 63.0 Å². The summed E-state index contributed by atoms with van der Waals surface area (Å²) in [5.41, 5.74) is 0. The molecule has 0 saturated heterocycles. The average Bonchev–Trinajstić information content (AvgIpc) is 2.11. The lowest BCUT2D eigenvalue weighted by Gasteiger charge is -2.08. The number of hydrogen-bond acceptors (Lipinski definition) is 2. The molecule has 0 aromatic carbocycles. The van der Waals surface area contributed by atoms with Crippen molar-refractivity contribution in [3.8, 4) is 0 Å². The molecule has 3 heteroatoms. The van der Waals surface area contributed by atoms with Crippen LogP contribution in [0.25, 0.3) is 0 Å². The Morgan fingerprint density at radius 1 is 1.50 bits per heavy atom. The Bertz CT molecular complexity index is 208. The van der Waals surface area contributed by atoms with Crippen LogP contribution in [0.2, 0.25) is 0 Å². The first kappa shape index (κ1) is 8.05. The van der Waals surface area contributed by atoms with Gasteiger partial charge in [0.2, 0.25) is 0 Å². The SMILES string of the molecule is CC1CCC(S(C)(=N)=O)C1. The van der Waals surface area contributed by atoms with Crippen LogP contribution in [-0.4, -0.2) is 15.7 Å². The molecule has 1 N–H and O–H groups in total. The molecular weight excluding hydrogens is 146 g/mol. The van der Waals surface area contributed by atoms with Gasteiger partial charge in [0.05, 0.1) is 0 Å². The zero-order chi connectivity index (χ0) is 7.78. The monoisotopic (exact) mass is 161 g/mol. The van der Waals surface area contributed by atoms with Gasteiger partial charge in [-0.25, -0.2) is 4.21 Å². The molecule has 2 nitrogen and oxygen atoms in total. The predicted molar refractivity (Wildman–Crippen MR) is 43.6 cm³/mol.